The molecule has 25 heavy (non-hydrogen) atoms. The third-order valence-corrected chi connectivity index (χ3v) is 5.27. The summed E-state index contributed by atoms with van der Waals surface area (Å²) in [6.45, 7) is 6.87. The molecule has 0 bridgehead atoms. The van der Waals surface area contributed by atoms with Crippen LogP contribution < -0.4 is 9.46 Å². The third kappa shape index (κ3) is 5.81. The van der Waals surface area contributed by atoms with Crippen molar-refractivity contribution >= 4 is 10.0 Å². The van der Waals surface area contributed by atoms with Crippen molar-refractivity contribution in [2.75, 3.05) is 26.2 Å². The maximum absolute atomic E-state index is 12.9. The first kappa shape index (κ1) is 19.4. The number of ether oxygens (including phenoxy) is 1. The molecule has 0 spiro atoms. The molecule has 0 saturated heterocycles. The minimum atomic E-state index is -3.55. The number of benzene rings is 2. The predicted octanol–water partition coefficient (Wildman–Crippen LogP) is 3.24. The summed E-state index contributed by atoms with van der Waals surface area (Å²) in [5.74, 6) is 0.618. The summed E-state index contributed by atoms with van der Waals surface area (Å²) in [6.07, 6.45) is 0. The highest BCUT2D eigenvalue weighted by atomic mass is 32.2. The third-order valence-electron chi connectivity index (χ3n) is 3.80. The molecule has 2 aromatic carbocycles. The van der Waals surface area contributed by atoms with Crippen molar-refractivity contribution in [3.63, 3.8) is 0 Å². The van der Waals surface area contributed by atoms with Crippen molar-refractivity contribution in [2.45, 2.75) is 18.7 Å². The zero-order valence-electron chi connectivity index (χ0n) is 14.4. The van der Waals surface area contributed by atoms with Crippen molar-refractivity contribution in [1.29, 1.82) is 0 Å². The lowest BCUT2D eigenvalue weighted by molar-refractivity contribution is 0.309. The van der Waals surface area contributed by atoms with Gasteiger partial charge in [0.15, 0.2) is 0 Å². The van der Waals surface area contributed by atoms with Gasteiger partial charge in [-0.05, 0) is 61.6 Å². The van der Waals surface area contributed by atoms with E-state index in [-0.39, 0.29) is 10.7 Å². The first-order chi connectivity index (χ1) is 11.9. The van der Waals surface area contributed by atoms with Crippen LogP contribution in [0.2, 0.25) is 0 Å². The van der Waals surface area contributed by atoms with Gasteiger partial charge in [0.2, 0.25) is 10.0 Å². The van der Waals surface area contributed by atoms with Crippen molar-refractivity contribution in [2.24, 2.45) is 0 Å². The molecule has 0 saturated carbocycles. The summed E-state index contributed by atoms with van der Waals surface area (Å²) in [4.78, 5) is 2.32. The summed E-state index contributed by atoms with van der Waals surface area (Å²) in [6, 6.07) is 11.7. The molecule has 0 radical (unpaired) electrons. The summed E-state index contributed by atoms with van der Waals surface area (Å²) in [5, 5.41) is 0. The lowest BCUT2D eigenvalue weighted by Gasteiger charge is -2.18. The Balaban J connectivity index is 1.96. The molecule has 136 valence electrons. The molecule has 1 N–H and O–H groups in total. The normalized spacial score (nSPS) is 11.7. The first-order valence-electron chi connectivity index (χ1n) is 8.20. The number of hydrogen-bond acceptors (Lipinski definition) is 4. The summed E-state index contributed by atoms with van der Waals surface area (Å²) < 4.78 is 45.6. The smallest absolute Gasteiger partial charge is 0.240 e. The van der Waals surface area contributed by atoms with Gasteiger partial charge in [-0.1, -0.05) is 13.8 Å². The molecule has 2 aromatic rings. The lowest BCUT2D eigenvalue weighted by Crippen LogP contribution is -2.34. The van der Waals surface area contributed by atoms with E-state index in [1.54, 1.807) is 12.1 Å². The molecule has 0 unspecified atom stereocenters. The van der Waals surface area contributed by atoms with Crippen LogP contribution in [-0.2, 0) is 10.0 Å². The molecule has 5 nitrogen and oxygen atoms in total. The minimum Gasteiger partial charge on any atom is -0.457 e. The van der Waals surface area contributed by atoms with E-state index in [0.717, 1.165) is 13.1 Å². The largest absolute Gasteiger partial charge is 0.457 e. The predicted molar refractivity (Wildman–Crippen MR) is 95.9 cm³/mol. The van der Waals surface area contributed by atoms with Gasteiger partial charge in [0.05, 0.1) is 4.90 Å². The van der Waals surface area contributed by atoms with Gasteiger partial charge < -0.3 is 9.64 Å². The minimum absolute atomic E-state index is 0.179. The number of nitrogens with one attached hydrogen (secondary N) is 1. The van der Waals surface area contributed by atoms with E-state index < -0.39 is 10.0 Å². The van der Waals surface area contributed by atoms with Crippen LogP contribution in [0.25, 0.3) is 0 Å². The molecule has 0 atom stereocenters. The maximum Gasteiger partial charge on any atom is 0.240 e. The SMILES string of the molecule is CCN(CC)CCNS(=O)(=O)c1ccc(Oc2ccc(F)cc2)cc1. The van der Waals surface area contributed by atoms with Crippen LogP contribution in [0.1, 0.15) is 13.8 Å². The Morgan fingerprint density at radius 3 is 2.00 bits per heavy atom. The van der Waals surface area contributed by atoms with E-state index in [2.05, 4.69) is 9.62 Å². The highest BCUT2D eigenvalue weighted by Gasteiger charge is 2.14. The number of rotatable bonds is 9. The van der Waals surface area contributed by atoms with Gasteiger partial charge in [-0.3, -0.25) is 0 Å². The average Bonchev–Trinajstić information content (AvgIpc) is 2.61. The molecule has 2 rings (SSSR count). The summed E-state index contributed by atoms with van der Waals surface area (Å²) in [5.41, 5.74) is 0. The fourth-order valence-corrected chi connectivity index (χ4v) is 3.31. The molecule has 0 aliphatic heterocycles. The second-order valence-electron chi connectivity index (χ2n) is 5.45. The fourth-order valence-electron chi connectivity index (χ4n) is 2.29. The van der Waals surface area contributed by atoms with Crippen LogP contribution in [0, 0.1) is 5.82 Å². The molecule has 7 heteroatoms. The quantitative estimate of drug-likeness (QED) is 0.740. The molecular formula is C18H23FN2O3S. The monoisotopic (exact) mass is 366 g/mol. The van der Waals surface area contributed by atoms with Crippen molar-refractivity contribution in [3.05, 3.63) is 54.3 Å². The van der Waals surface area contributed by atoms with Gasteiger partial charge in [0.25, 0.3) is 0 Å². The summed E-state index contributed by atoms with van der Waals surface area (Å²) in [7, 11) is -3.55. The van der Waals surface area contributed by atoms with Crippen LogP contribution in [0.4, 0.5) is 4.39 Å². The standard InChI is InChI=1S/C18H23FN2O3S/c1-3-21(4-2)14-13-20-25(22,23)18-11-9-17(10-12-18)24-16-7-5-15(19)6-8-16/h5-12,20H,3-4,13-14H2,1-2H3. The van der Waals surface area contributed by atoms with Crippen LogP contribution >= 0.6 is 0 Å². The second-order valence-corrected chi connectivity index (χ2v) is 7.22. The summed E-state index contributed by atoms with van der Waals surface area (Å²) >= 11 is 0. The number of hydrogen-bond donors (Lipinski definition) is 1. The molecule has 0 heterocycles. The Labute approximate surface area is 148 Å². The van der Waals surface area contributed by atoms with Gasteiger partial charge >= 0.3 is 0 Å². The highest BCUT2D eigenvalue weighted by Crippen LogP contribution is 2.23. The Bertz CT molecular complexity index is 758. The first-order valence-corrected chi connectivity index (χ1v) is 9.68. The van der Waals surface area contributed by atoms with Gasteiger partial charge in [-0.2, -0.15) is 0 Å². The van der Waals surface area contributed by atoms with Crippen LogP contribution in [0.5, 0.6) is 11.5 Å². The zero-order valence-corrected chi connectivity index (χ0v) is 15.2. The Morgan fingerprint density at radius 1 is 0.960 bits per heavy atom. The average molecular weight is 366 g/mol. The Kier molecular flexibility index (Phi) is 6.92. The molecule has 0 aliphatic rings. The van der Waals surface area contributed by atoms with Gasteiger partial charge in [-0.15, -0.1) is 0 Å². The number of nitrogens with zero attached hydrogens (tertiary/aromatic N) is 1. The van der Waals surface area contributed by atoms with Crippen molar-refractivity contribution < 1.29 is 17.5 Å². The second kappa shape index (κ2) is 8.94. The zero-order chi connectivity index (χ0) is 18.3. The number of sulfonamides is 1. The van der Waals surface area contributed by atoms with Gasteiger partial charge in [0.1, 0.15) is 17.3 Å². The Hall–Kier alpha value is -1.96. The molecule has 0 aliphatic carbocycles. The highest BCUT2D eigenvalue weighted by molar-refractivity contribution is 7.89. The molecule has 0 fully saturated rings. The van der Waals surface area contributed by atoms with Crippen LogP contribution in [0.3, 0.4) is 0 Å². The topological polar surface area (TPSA) is 58.6 Å². The van der Waals surface area contributed by atoms with Crippen LogP contribution in [-0.4, -0.2) is 39.5 Å². The van der Waals surface area contributed by atoms with Crippen molar-refractivity contribution in [1.82, 2.24) is 9.62 Å². The van der Waals surface area contributed by atoms with Crippen molar-refractivity contribution in [3.8, 4) is 11.5 Å². The lowest BCUT2D eigenvalue weighted by atomic mass is 10.3. The molecular weight excluding hydrogens is 343 g/mol. The van der Waals surface area contributed by atoms with E-state index in [9.17, 15) is 12.8 Å². The molecule has 0 amide bonds. The Morgan fingerprint density at radius 2 is 1.48 bits per heavy atom. The number of halogens is 1. The van der Waals surface area contributed by atoms with E-state index in [1.165, 1.54) is 36.4 Å². The van der Waals surface area contributed by atoms with Gasteiger partial charge in [0, 0.05) is 13.1 Å². The maximum atomic E-state index is 12.9. The van der Waals surface area contributed by atoms with E-state index in [1.807, 2.05) is 13.8 Å². The van der Waals surface area contributed by atoms with E-state index in [4.69, 9.17) is 4.74 Å². The van der Waals surface area contributed by atoms with E-state index in [0.29, 0.717) is 24.6 Å². The molecule has 0 aromatic heterocycles. The van der Waals surface area contributed by atoms with E-state index >= 15 is 0 Å². The van der Waals surface area contributed by atoms with Crippen LogP contribution in [0.15, 0.2) is 53.4 Å². The number of likely N-dealkylation sites (N-methyl/N-ethyl adjacent to an activating group) is 1. The fraction of sp³-hybridized carbons (Fsp3) is 0.333. The van der Waals surface area contributed by atoms with Gasteiger partial charge in [-0.25, -0.2) is 17.5 Å².